The summed E-state index contributed by atoms with van der Waals surface area (Å²) >= 11 is 25.2. The molecule has 184 valence electrons. The lowest BCUT2D eigenvalue weighted by Crippen LogP contribution is -2.58. The molecule has 1 fully saturated rings. The number of hydrogen-bond acceptors (Lipinski definition) is 4. The first-order chi connectivity index (χ1) is 16.2. The van der Waals surface area contributed by atoms with Crippen molar-refractivity contribution in [3.05, 3.63) is 75.0 Å². The van der Waals surface area contributed by atoms with Gasteiger partial charge in [0.1, 0.15) is 20.8 Å². The van der Waals surface area contributed by atoms with Crippen LogP contribution in [0.5, 0.6) is 0 Å². The minimum atomic E-state index is -4.70. The Hall–Kier alpha value is -1.96. The third-order valence-corrected chi connectivity index (χ3v) is 10.4. The fourth-order valence-corrected chi connectivity index (χ4v) is 8.30. The van der Waals surface area contributed by atoms with Gasteiger partial charge < -0.3 is 0 Å². The smallest absolute Gasteiger partial charge is 0.236 e. The van der Waals surface area contributed by atoms with Crippen LogP contribution in [-0.4, -0.2) is 22.5 Å². The van der Waals surface area contributed by atoms with Gasteiger partial charge >= 0.3 is 6.18 Å². The molecule has 1 aliphatic rings. The summed E-state index contributed by atoms with van der Waals surface area (Å²) < 4.78 is 64.5. The van der Waals surface area contributed by atoms with E-state index in [1.807, 2.05) is 6.07 Å². The Labute approximate surface area is 218 Å². The maximum atomic E-state index is 13.9. The maximum Gasteiger partial charge on any atom is 0.416 e. The van der Waals surface area contributed by atoms with E-state index in [1.165, 1.54) is 18.3 Å². The predicted molar refractivity (Wildman–Crippen MR) is 127 cm³/mol. The lowest BCUT2D eigenvalue weighted by molar-refractivity contribution is -0.137. The molecule has 4 rings (SSSR count). The standard InChI is InChI=1S/C22H14Cl4F3N3O2S/c1-12-3-2-4-14(7-12)35(33,34)20(5-6-21(20,25)26)15-11-32(31-18(15)10-30)19-16(23)8-13(9-17(19)24)22(27,28)29/h2-4,7-9,11H,5-6H2,1H3. The molecule has 0 amide bonds. The Bertz CT molecular complexity index is 1470. The molecule has 1 unspecified atom stereocenters. The first-order valence-electron chi connectivity index (χ1n) is 9.92. The number of nitriles is 1. The van der Waals surface area contributed by atoms with E-state index in [2.05, 4.69) is 5.10 Å². The molecule has 1 aliphatic carbocycles. The molecule has 1 atom stereocenters. The molecular formula is C22H14Cl4F3N3O2S. The van der Waals surface area contributed by atoms with Crippen LogP contribution in [0, 0.1) is 18.3 Å². The van der Waals surface area contributed by atoms with Gasteiger partial charge in [0.25, 0.3) is 0 Å². The third kappa shape index (κ3) is 4.00. The minimum absolute atomic E-state index is 0.0227. The highest BCUT2D eigenvalue weighted by molar-refractivity contribution is 7.92. The van der Waals surface area contributed by atoms with E-state index in [0.29, 0.717) is 17.7 Å². The number of sulfone groups is 1. The number of aromatic nitrogens is 2. The summed E-state index contributed by atoms with van der Waals surface area (Å²) in [4.78, 5) is -0.0508. The quantitative estimate of drug-likeness (QED) is 0.310. The topological polar surface area (TPSA) is 75.8 Å². The molecule has 0 bridgehead atoms. The van der Waals surface area contributed by atoms with Crippen molar-refractivity contribution < 1.29 is 21.6 Å². The highest BCUT2D eigenvalue weighted by Gasteiger charge is 2.68. The Morgan fingerprint density at radius 2 is 1.74 bits per heavy atom. The molecule has 2 aromatic carbocycles. The van der Waals surface area contributed by atoms with Crippen LogP contribution in [0.15, 0.2) is 47.5 Å². The van der Waals surface area contributed by atoms with Crippen LogP contribution in [-0.2, 0) is 20.8 Å². The van der Waals surface area contributed by atoms with Gasteiger partial charge in [-0.2, -0.15) is 23.5 Å². The van der Waals surface area contributed by atoms with Gasteiger partial charge in [0.05, 0.1) is 20.5 Å². The zero-order chi connectivity index (χ0) is 26.0. The van der Waals surface area contributed by atoms with Gasteiger partial charge in [-0.1, -0.05) is 58.5 Å². The zero-order valence-electron chi connectivity index (χ0n) is 17.7. The van der Waals surface area contributed by atoms with Crippen LogP contribution in [0.3, 0.4) is 0 Å². The molecule has 0 radical (unpaired) electrons. The summed E-state index contributed by atoms with van der Waals surface area (Å²) in [6.45, 7) is 1.72. The minimum Gasteiger partial charge on any atom is -0.236 e. The molecule has 0 N–H and O–H groups in total. The zero-order valence-corrected chi connectivity index (χ0v) is 21.5. The predicted octanol–water partition coefficient (Wildman–Crippen LogP) is 7.01. The van der Waals surface area contributed by atoms with Gasteiger partial charge in [-0.3, -0.25) is 0 Å². The maximum absolute atomic E-state index is 13.9. The van der Waals surface area contributed by atoms with Gasteiger partial charge in [0, 0.05) is 11.8 Å². The molecule has 3 aromatic rings. The first kappa shape index (κ1) is 26.1. The van der Waals surface area contributed by atoms with Crippen LogP contribution in [0.25, 0.3) is 5.69 Å². The first-order valence-corrected chi connectivity index (χ1v) is 12.9. The average Bonchev–Trinajstić information content (AvgIpc) is 3.15. The van der Waals surface area contributed by atoms with E-state index in [4.69, 9.17) is 46.4 Å². The fraction of sp³-hybridized carbons (Fsp3) is 0.273. The molecule has 0 saturated heterocycles. The molecule has 1 saturated carbocycles. The van der Waals surface area contributed by atoms with E-state index in [9.17, 15) is 26.9 Å². The van der Waals surface area contributed by atoms with Crippen LogP contribution in [0.2, 0.25) is 10.0 Å². The van der Waals surface area contributed by atoms with Crippen molar-refractivity contribution in [3.8, 4) is 11.8 Å². The summed E-state index contributed by atoms with van der Waals surface area (Å²) in [5.74, 6) is 0. The van der Waals surface area contributed by atoms with Crippen LogP contribution < -0.4 is 0 Å². The number of nitrogens with zero attached hydrogens (tertiary/aromatic N) is 3. The normalized spacial score (nSPS) is 19.7. The molecular weight excluding hydrogens is 569 g/mol. The second kappa shape index (κ2) is 8.56. The van der Waals surface area contributed by atoms with E-state index < -0.39 is 40.7 Å². The Morgan fingerprint density at radius 1 is 1.11 bits per heavy atom. The molecule has 0 aliphatic heterocycles. The molecule has 5 nitrogen and oxygen atoms in total. The lowest BCUT2D eigenvalue weighted by atomic mass is 9.77. The van der Waals surface area contributed by atoms with Crippen molar-refractivity contribution in [1.82, 2.24) is 9.78 Å². The van der Waals surface area contributed by atoms with Crippen molar-refractivity contribution in [2.45, 2.75) is 39.9 Å². The number of benzene rings is 2. The van der Waals surface area contributed by atoms with Gasteiger partial charge in [-0.05, 0) is 49.6 Å². The second-order valence-electron chi connectivity index (χ2n) is 8.09. The highest BCUT2D eigenvalue weighted by atomic mass is 35.5. The van der Waals surface area contributed by atoms with E-state index in [1.54, 1.807) is 19.1 Å². The number of hydrogen-bond donors (Lipinski definition) is 0. The highest BCUT2D eigenvalue weighted by Crippen LogP contribution is 2.63. The van der Waals surface area contributed by atoms with Crippen LogP contribution in [0.1, 0.15) is 35.2 Å². The SMILES string of the molecule is Cc1cccc(S(=O)(=O)C2(c3cn(-c4c(Cl)cc(C(F)(F)F)cc4Cl)nc3C#N)CCC2(Cl)Cl)c1. The molecule has 1 heterocycles. The number of rotatable bonds is 4. The van der Waals surface area contributed by atoms with Gasteiger partial charge in [0.2, 0.25) is 0 Å². The number of alkyl halides is 5. The average molecular weight is 583 g/mol. The summed E-state index contributed by atoms with van der Waals surface area (Å²) in [7, 11) is -4.28. The van der Waals surface area contributed by atoms with Crippen molar-refractivity contribution in [2.75, 3.05) is 0 Å². The largest absolute Gasteiger partial charge is 0.416 e. The molecule has 1 aromatic heterocycles. The summed E-state index contributed by atoms with van der Waals surface area (Å²) in [5, 5.41) is 13.0. The molecule has 13 heteroatoms. The van der Waals surface area contributed by atoms with Gasteiger partial charge in [0.15, 0.2) is 15.5 Å². The fourth-order valence-electron chi connectivity index (χ4n) is 4.15. The van der Waals surface area contributed by atoms with Crippen molar-refractivity contribution >= 4 is 56.2 Å². The summed E-state index contributed by atoms with van der Waals surface area (Å²) in [6.07, 6.45) is -3.44. The Balaban J connectivity index is 1.96. The van der Waals surface area contributed by atoms with E-state index in [-0.39, 0.29) is 34.7 Å². The van der Waals surface area contributed by atoms with Crippen LogP contribution >= 0.6 is 46.4 Å². The van der Waals surface area contributed by atoms with Crippen molar-refractivity contribution in [1.29, 1.82) is 5.26 Å². The van der Waals surface area contributed by atoms with Crippen LogP contribution in [0.4, 0.5) is 13.2 Å². The second-order valence-corrected chi connectivity index (χ2v) is 12.6. The summed E-state index contributed by atoms with van der Waals surface area (Å²) in [5.41, 5.74) is -1.01. The molecule has 35 heavy (non-hydrogen) atoms. The Kier molecular flexibility index (Phi) is 6.39. The van der Waals surface area contributed by atoms with E-state index in [0.717, 1.165) is 4.68 Å². The molecule has 0 spiro atoms. The van der Waals surface area contributed by atoms with Crippen molar-refractivity contribution in [3.63, 3.8) is 0 Å². The van der Waals surface area contributed by atoms with Gasteiger partial charge in [-0.25, -0.2) is 13.1 Å². The number of aryl methyl sites for hydroxylation is 1. The van der Waals surface area contributed by atoms with Gasteiger partial charge in [-0.15, -0.1) is 0 Å². The third-order valence-electron chi connectivity index (χ3n) is 5.97. The lowest BCUT2D eigenvalue weighted by Gasteiger charge is -2.50. The van der Waals surface area contributed by atoms with E-state index >= 15 is 0 Å². The Morgan fingerprint density at radius 3 is 2.20 bits per heavy atom. The van der Waals surface area contributed by atoms with Crippen molar-refractivity contribution in [2.24, 2.45) is 0 Å². The summed E-state index contributed by atoms with van der Waals surface area (Å²) in [6, 6.07) is 9.28. The monoisotopic (exact) mass is 581 g/mol. The number of halogens is 7.